The molecule has 5 nitrogen and oxygen atoms in total. The molecule has 0 aliphatic rings. The highest BCUT2D eigenvalue weighted by atomic mass is 16.5. The number of amides is 1. The summed E-state index contributed by atoms with van der Waals surface area (Å²) in [5.41, 5.74) is 0.423. The molecular formula is C13H19NO4. The third kappa shape index (κ3) is 3.63. The molecule has 1 amide bonds. The van der Waals surface area contributed by atoms with E-state index in [2.05, 4.69) is 0 Å². The van der Waals surface area contributed by atoms with E-state index in [1.54, 1.807) is 24.1 Å². The lowest BCUT2D eigenvalue weighted by atomic mass is 10.2. The van der Waals surface area contributed by atoms with Gasteiger partial charge in [-0.25, -0.2) is 0 Å². The van der Waals surface area contributed by atoms with Gasteiger partial charge in [0.25, 0.3) is 5.91 Å². The number of carbonyl (C=O) groups is 1. The van der Waals surface area contributed by atoms with Crippen LogP contribution in [-0.4, -0.2) is 49.8 Å². The minimum atomic E-state index is -0.160. The zero-order valence-electron chi connectivity index (χ0n) is 11.0. The van der Waals surface area contributed by atoms with Gasteiger partial charge in [0.15, 0.2) is 11.5 Å². The van der Waals surface area contributed by atoms with E-state index in [1.165, 1.54) is 13.2 Å². The zero-order chi connectivity index (χ0) is 13.5. The van der Waals surface area contributed by atoms with Crippen LogP contribution in [0.15, 0.2) is 18.2 Å². The summed E-state index contributed by atoms with van der Waals surface area (Å²) in [4.78, 5) is 13.6. The smallest absolute Gasteiger partial charge is 0.253 e. The maximum absolute atomic E-state index is 12.0. The number of carbonyl (C=O) groups excluding carboxylic acids is 1. The average Bonchev–Trinajstić information content (AvgIpc) is 2.38. The van der Waals surface area contributed by atoms with Crippen LogP contribution >= 0.6 is 0 Å². The van der Waals surface area contributed by atoms with Crippen LogP contribution in [0.2, 0.25) is 0 Å². The SMILES string of the molecule is CCOCCN(C)C(=O)c1ccc(OC)c(O)c1. The van der Waals surface area contributed by atoms with Crippen LogP contribution < -0.4 is 4.74 Å². The van der Waals surface area contributed by atoms with Crippen molar-refractivity contribution in [3.05, 3.63) is 23.8 Å². The molecule has 0 unspecified atom stereocenters. The highest BCUT2D eigenvalue weighted by molar-refractivity contribution is 5.94. The number of likely N-dealkylation sites (N-methyl/N-ethyl adjacent to an activating group) is 1. The van der Waals surface area contributed by atoms with E-state index < -0.39 is 0 Å². The monoisotopic (exact) mass is 253 g/mol. The molecule has 100 valence electrons. The van der Waals surface area contributed by atoms with Crippen molar-refractivity contribution in [2.45, 2.75) is 6.92 Å². The molecule has 0 saturated heterocycles. The molecule has 1 aromatic rings. The Labute approximate surface area is 107 Å². The Morgan fingerprint density at radius 2 is 2.17 bits per heavy atom. The zero-order valence-corrected chi connectivity index (χ0v) is 11.0. The molecule has 0 bridgehead atoms. The van der Waals surface area contributed by atoms with Crippen molar-refractivity contribution in [2.24, 2.45) is 0 Å². The highest BCUT2D eigenvalue weighted by Crippen LogP contribution is 2.26. The number of phenolic OH excluding ortho intramolecular Hbond substituents is 1. The van der Waals surface area contributed by atoms with Gasteiger partial charge in [-0.2, -0.15) is 0 Å². The van der Waals surface area contributed by atoms with Crippen LogP contribution in [0.4, 0.5) is 0 Å². The number of ether oxygens (including phenoxy) is 2. The van der Waals surface area contributed by atoms with Crippen molar-refractivity contribution < 1.29 is 19.4 Å². The first-order chi connectivity index (χ1) is 8.60. The van der Waals surface area contributed by atoms with Crippen molar-refractivity contribution in [3.63, 3.8) is 0 Å². The standard InChI is InChI=1S/C13H19NO4/c1-4-18-8-7-14(2)13(16)10-5-6-12(17-3)11(15)9-10/h5-6,9,15H,4,7-8H2,1-3H3. The lowest BCUT2D eigenvalue weighted by molar-refractivity contribution is 0.0709. The van der Waals surface area contributed by atoms with E-state index in [4.69, 9.17) is 9.47 Å². The molecule has 0 spiro atoms. The number of rotatable bonds is 6. The van der Waals surface area contributed by atoms with Gasteiger partial charge in [-0.1, -0.05) is 0 Å². The summed E-state index contributed by atoms with van der Waals surface area (Å²) in [5, 5.41) is 9.62. The maximum Gasteiger partial charge on any atom is 0.253 e. The Balaban J connectivity index is 2.68. The van der Waals surface area contributed by atoms with Crippen molar-refractivity contribution >= 4 is 5.91 Å². The first-order valence-electron chi connectivity index (χ1n) is 5.80. The van der Waals surface area contributed by atoms with Crippen LogP contribution in [0.3, 0.4) is 0 Å². The summed E-state index contributed by atoms with van der Waals surface area (Å²) in [6, 6.07) is 4.59. The molecule has 5 heteroatoms. The Kier molecular flexibility index (Phi) is 5.45. The molecule has 0 atom stereocenters. The van der Waals surface area contributed by atoms with Crippen molar-refractivity contribution in [1.82, 2.24) is 4.90 Å². The fourth-order valence-corrected chi connectivity index (χ4v) is 1.49. The van der Waals surface area contributed by atoms with E-state index >= 15 is 0 Å². The molecule has 1 aromatic carbocycles. The normalized spacial score (nSPS) is 10.2. The van der Waals surface area contributed by atoms with Crippen LogP contribution in [0.25, 0.3) is 0 Å². The first-order valence-corrected chi connectivity index (χ1v) is 5.80. The van der Waals surface area contributed by atoms with Gasteiger partial charge in [0.2, 0.25) is 0 Å². The number of phenols is 1. The van der Waals surface area contributed by atoms with Gasteiger partial charge >= 0.3 is 0 Å². The van der Waals surface area contributed by atoms with E-state index in [-0.39, 0.29) is 11.7 Å². The van der Waals surface area contributed by atoms with Gasteiger partial charge in [0, 0.05) is 25.8 Å². The Morgan fingerprint density at radius 3 is 2.72 bits per heavy atom. The number of aromatic hydroxyl groups is 1. The fourth-order valence-electron chi connectivity index (χ4n) is 1.49. The van der Waals surface area contributed by atoms with E-state index in [9.17, 15) is 9.90 Å². The molecule has 0 aliphatic heterocycles. The fraction of sp³-hybridized carbons (Fsp3) is 0.462. The minimum absolute atomic E-state index is 0.0402. The van der Waals surface area contributed by atoms with Gasteiger partial charge < -0.3 is 19.5 Å². The van der Waals surface area contributed by atoms with Crippen molar-refractivity contribution in [2.75, 3.05) is 33.9 Å². The summed E-state index contributed by atoms with van der Waals surface area (Å²) in [7, 11) is 3.16. The Bertz CT molecular complexity index is 406. The van der Waals surface area contributed by atoms with Crippen LogP contribution in [-0.2, 0) is 4.74 Å². The number of nitrogens with zero attached hydrogens (tertiary/aromatic N) is 1. The summed E-state index contributed by atoms with van der Waals surface area (Å²) in [6.45, 7) is 3.55. The molecule has 0 radical (unpaired) electrons. The predicted molar refractivity (Wildman–Crippen MR) is 68.1 cm³/mol. The quantitative estimate of drug-likeness (QED) is 0.781. The van der Waals surface area contributed by atoms with Gasteiger partial charge in [-0.05, 0) is 25.1 Å². The van der Waals surface area contributed by atoms with E-state index in [1.807, 2.05) is 6.92 Å². The molecule has 1 N–H and O–H groups in total. The van der Waals surface area contributed by atoms with Crippen molar-refractivity contribution in [1.29, 1.82) is 0 Å². The van der Waals surface area contributed by atoms with Gasteiger partial charge in [-0.3, -0.25) is 4.79 Å². The first kappa shape index (κ1) is 14.3. The molecule has 0 heterocycles. The molecule has 1 rings (SSSR count). The highest BCUT2D eigenvalue weighted by Gasteiger charge is 2.13. The summed E-state index contributed by atoms with van der Waals surface area (Å²) in [6.07, 6.45) is 0. The molecule has 0 saturated carbocycles. The lowest BCUT2D eigenvalue weighted by Crippen LogP contribution is -2.30. The van der Waals surface area contributed by atoms with Gasteiger partial charge in [0.05, 0.1) is 13.7 Å². The maximum atomic E-state index is 12.0. The topological polar surface area (TPSA) is 59.0 Å². The van der Waals surface area contributed by atoms with E-state index in [0.29, 0.717) is 31.1 Å². The van der Waals surface area contributed by atoms with Crippen LogP contribution in [0, 0.1) is 0 Å². The molecular weight excluding hydrogens is 234 g/mol. The second-order valence-electron chi connectivity index (χ2n) is 3.81. The average molecular weight is 253 g/mol. The molecule has 0 aliphatic carbocycles. The summed E-state index contributed by atoms with van der Waals surface area (Å²) < 4.78 is 10.1. The molecule has 18 heavy (non-hydrogen) atoms. The number of methoxy groups -OCH3 is 1. The Morgan fingerprint density at radius 1 is 1.44 bits per heavy atom. The number of hydrogen-bond donors (Lipinski definition) is 1. The third-order valence-electron chi connectivity index (χ3n) is 2.55. The van der Waals surface area contributed by atoms with Gasteiger partial charge in [0.1, 0.15) is 0 Å². The van der Waals surface area contributed by atoms with Crippen molar-refractivity contribution in [3.8, 4) is 11.5 Å². The summed E-state index contributed by atoms with van der Waals surface area (Å²) >= 11 is 0. The second-order valence-corrected chi connectivity index (χ2v) is 3.81. The lowest BCUT2D eigenvalue weighted by Gasteiger charge is -2.17. The minimum Gasteiger partial charge on any atom is -0.504 e. The number of benzene rings is 1. The van der Waals surface area contributed by atoms with E-state index in [0.717, 1.165) is 0 Å². The largest absolute Gasteiger partial charge is 0.504 e. The third-order valence-corrected chi connectivity index (χ3v) is 2.55. The molecule has 0 aromatic heterocycles. The van der Waals surface area contributed by atoms with Gasteiger partial charge in [-0.15, -0.1) is 0 Å². The van der Waals surface area contributed by atoms with Crippen LogP contribution in [0.1, 0.15) is 17.3 Å². The second kappa shape index (κ2) is 6.86. The number of hydrogen-bond acceptors (Lipinski definition) is 4. The Hall–Kier alpha value is -1.75. The predicted octanol–water partition coefficient (Wildman–Crippen LogP) is 1.51. The summed E-state index contributed by atoms with van der Waals surface area (Å²) in [5.74, 6) is 0.151. The van der Waals surface area contributed by atoms with Crippen LogP contribution in [0.5, 0.6) is 11.5 Å². The molecule has 0 fully saturated rings.